The van der Waals surface area contributed by atoms with E-state index < -0.39 is 0 Å². The summed E-state index contributed by atoms with van der Waals surface area (Å²) in [6, 6.07) is 10.8. The Morgan fingerprint density at radius 1 is 1.33 bits per heavy atom. The second-order valence-corrected chi connectivity index (χ2v) is 6.42. The monoisotopic (exact) mass is 328 g/mol. The number of nitrogens with one attached hydrogen (secondary N) is 2. The summed E-state index contributed by atoms with van der Waals surface area (Å²) in [6.07, 6.45) is 4.54. The molecule has 6 nitrogen and oxygen atoms in total. The highest BCUT2D eigenvalue weighted by Gasteiger charge is 2.27. The highest BCUT2D eigenvalue weighted by Crippen LogP contribution is 2.17. The molecular weight excluding hydrogens is 304 g/mol. The van der Waals surface area contributed by atoms with E-state index in [9.17, 15) is 9.59 Å². The normalized spacial score (nSPS) is 18.1. The van der Waals surface area contributed by atoms with Crippen LogP contribution in [0, 0.1) is 0 Å². The van der Waals surface area contributed by atoms with Crippen LogP contribution in [0.2, 0.25) is 0 Å². The van der Waals surface area contributed by atoms with Gasteiger partial charge in [0.05, 0.1) is 0 Å². The van der Waals surface area contributed by atoms with E-state index in [1.54, 1.807) is 0 Å². The minimum atomic E-state index is -0.341. The number of amides is 1. The van der Waals surface area contributed by atoms with E-state index in [0.29, 0.717) is 18.3 Å². The number of rotatable bonds is 5. The maximum absolute atomic E-state index is 12.5. The average molecular weight is 328 g/mol. The van der Waals surface area contributed by atoms with Crippen LogP contribution in [0.1, 0.15) is 28.9 Å². The second kappa shape index (κ2) is 7.49. The number of aromatic nitrogens is 2. The minimum Gasteiger partial charge on any atom is -0.336 e. The summed E-state index contributed by atoms with van der Waals surface area (Å²) in [5.41, 5.74) is 1.33. The van der Waals surface area contributed by atoms with Crippen LogP contribution in [-0.2, 0) is 6.42 Å². The summed E-state index contributed by atoms with van der Waals surface area (Å²) >= 11 is 0. The molecule has 1 fully saturated rings. The molecule has 2 N–H and O–H groups in total. The molecule has 2 aromatic rings. The molecule has 6 heteroatoms. The number of hydrogen-bond acceptors (Lipinski definition) is 3. The number of hydrogen-bond donors (Lipinski definition) is 2. The highest BCUT2D eigenvalue weighted by atomic mass is 16.2. The van der Waals surface area contributed by atoms with Crippen molar-refractivity contribution in [3.63, 3.8) is 0 Å². The maximum atomic E-state index is 12.5. The smallest absolute Gasteiger partial charge is 0.323 e. The van der Waals surface area contributed by atoms with Gasteiger partial charge < -0.3 is 19.8 Å². The quantitative estimate of drug-likeness (QED) is 0.873. The molecule has 0 radical (unpaired) electrons. The van der Waals surface area contributed by atoms with Gasteiger partial charge in [-0.3, -0.25) is 4.79 Å². The van der Waals surface area contributed by atoms with Crippen LogP contribution in [0.4, 0.5) is 0 Å². The molecule has 1 aliphatic heterocycles. The minimum absolute atomic E-state index is 0.102. The van der Waals surface area contributed by atoms with Crippen molar-refractivity contribution in [3.8, 4) is 0 Å². The zero-order chi connectivity index (χ0) is 16.9. The number of carbonyl (C=O) groups excluding carboxylic acids is 1. The van der Waals surface area contributed by atoms with Crippen molar-refractivity contribution in [2.24, 2.45) is 0 Å². The molecule has 0 unspecified atom stereocenters. The molecule has 128 valence electrons. The van der Waals surface area contributed by atoms with E-state index >= 15 is 0 Å². The molecule has 0 spiro atoms. The van der Waals surface area contributed by atoms with Crippen molar-refractivity contribution >= 4 is 5.91 Å². The number of piperidine rings is 1. The first-order chi connectivity index (χ1) is 11.6. The van der Waals surface area contributed by atoms with Crippen LogP contribution in [-0.4, -0.2) is 58.4 Å². The van der Waals surface area contributed by atoms with E-state index in [1.807, 2.05) is 11.0 Å². The van der Waals surface area contributed by atoms with Gasteiger partial charge in [-0.15, -0.1) is 0 Å². The van der Waals surface area contributed by atoms with Crippen molar-refractivity contribution in [1.82, 2.24) is 19.8 Å². The first-order valence-electron chi connectivity index (χ1n) is 8.44. The Bertz CT molecular complexity index is 722. The molecule has 0 bridgehead atoms. The molecule has 0 saturated carbocycles. The maximum Gasteiger partial charge on any atom is 0.323 e. The first kappa shape index (κ1) is 16.5. The number of carbonyl (C=O) groups is 1. The van der Waals surface area contributed by atoms with Gasteiger partial charge in [0.15, 0.2) is 0 Å². The molecule has 1 saturated heterocycles. The predicted molar refractivity (Wildman–Crippen MR) is 93.1 cm³/mol. The van der Waals surface area contributed by atoms with Gasteiger partial charge in [0.2, 0.25) is 0 Å². The summed E-state index contributed by atoms with van der Waals surface area (Å²) in [7, 11) is 2.12. The number of benzene rings is 1. The van der Waals surface area contributed by atoms with Gasteiger partial charge in [0, 0.05) is 31.9 Å². The SMILES string of the molecule is CN(CCc1ccccc1)[C@@H]1CCCN(C(=O)c2c[nH]c(=O)[nH]2)C1. The standard InChI is InChI=1S/C18H24N4O2/c1-21(11-9-14-6-3-2-4-7-14)15-8-5-10-22(13-15)17(23)16-12-19-18(24)20-16/h2-4,6-7,12,15H,5,8-11,13H2,1H3,(H2,19,20,24)/t15-/m1/s1. The fourth-order valence-corrected chi connectivity index (χ4v) is 3.25. The molecule has 1 aliphatic rings. The van der Waals surface area contributed by atoms with Crippen molar-refractivity contribution in [2.45, 2.75) is 25.3 Å². The lowest BCUT2D eigenvalue weighted by molar-refractivity contribution is 0.0606. The van der Waals surface area contributed by atoms with Gasteiger partial charge >= 0.3 is 5.69 Å². The summed E-state index contributed by atoms with van der Waals surface area (Å²) in [5, 5.41) is 0. The lowest BCUT2D eigenvalue weighted by Crippen LogP contribution is -2.49. The van der Waals surface area contributed by atoms with Crippen molar-refractivity contribution < 1.29 is 4.79 Å². The van der Waals surface area contributed by atoms with Gasteiger partial charge in [-0.1, -0.05) is 30.3 Å². The zero-order valence-electron chi connectivity index (χ0n) is 14.0. The molecule has 1 aromatic heterocycles. The Kier molecular flexibility index (Phi) is 5.15. The van der Waals surface area contributed by atoms with Crippen LogP contribution in [0.5, 0.6) is 0 Å². The number of nitrogens with zero attached hydrogens (tertiary/aromatic N) is 2. The van der Waals surface area contributed by atoms with Gasteiger partial charge in [-0.2, -0.15) is 0 Å². The van der Waals surface area contributed by atoms with Crippen LogP contribution in [0.25, 0.3) is 0 Å². The first-order valence-corrected chi connectivity index (χ1v) is 8.44. The molecule has 1 aromatic carbocycles. The Hall–Kier alpha value is -2.34. The predicted octanol–water partition coefficient (Wildman–Crippen LogP) is 1.48. The number of likely N-dealkylation sites (tertiary alicyclic amines) is 1. The van der Waals surface area contributed by atoms with Gasteiger partial charge in [-0.05, 0) is 31.9 Å². The lowest BCUT2D eigenvalue weighted by Gasteiger charge is -2.37. The third kappa shape index (κ3) is 3.94. The van der Waals surface area contributed by atoms with Crippen molar-refractivity contribution in [2.75, 3.05) is 26.7 Å². The van der Waals surface area contributed by atoms with Crippen LogP contribution < -0.4 is 5.69 Å². The highest BCUT2D eigenvalue weighted by molar-refractivity contribution is 5.92. The van der Waals surface area contributed by atoms with Crippen LogP contribution in [0.3, 0.4) is 0 Å². The molecule has 3 rings (SSSR count). The third-order valence-corrected chi connectivity index (χ3v) is 4.73. The Balaban J connectivity index is 1.56. The molecule has 2 heterocycles. The van der Waals surface area contributed by atoms with E-state index in [1.165, 1.54) is 11.8 Å². The number of likely N-dealkylation sites (N-methyl/N-ethyl adjacent to an activating group) is 1. The van der Waals surface area contributed by atoms with E-state index in [0.717, 1.165) is 32.4 Å². The van der Waals surface area contributed by atoms with E-state index in [2.05, 4.69) is 46.2 Å². The summed E-state index contributed by atoms with van der Waals surface area (Å²) in [6.45, 7) is 2.42. The fourth-order valence-electron chi connectivity index (χ4n) is 3.25. The summed E-state index contributed by atoms with van der Waals surface area (Å²) in [4.78, 5) is 32.9. The van der Waals surface area contributed by atoms with Crippen molar-refractivity contribution in [3.05, 3.63) is 58.3 Å². The number of imidazole rings is 1. The fraction of sp³-hybridized carbons (Fsp3) is 0.444. The van der Waals surface area contributed by atoms with Gasteiger partial charge in [0.25, 0.3) is 5.91 Å². The topological polar surface area (TPSA) is 72.2 Å². The zero-order valence-corrected chi connectivity index (χ0v) is 14.0. The summed E-state index contributed by atoms with van der Waals surface area (Å²) < 4.78 is 0. The molecule has 1 amide bonds. The third-order valence-electron chi connectivity index (χ3n) is 4.73. The van der Waals surface area contributed by atoms with E-state index in [-0.39, 0.29) is 11.6 Å². The molecule has 0 aliphatic carbocycles. The van der Waals surface area contributed by atoms with Crippen LogP contribution in [0.15, 0.2) is 41.3 Å². The molecule has 1 atom stereocenters. The molecule has 24 heavy (non-hydrogen) atoms. The van der Waals surface area contributed by atoms with Crippen molar-refractivity contribution in [1.29, 1.82) is 0 Å². The molecular formula is C18H24N4O2. The number of aromatic amines is 2. The second-order valence-electron chi connectivity index (χ2n) is 6.42. The average Bonchev–Trinajstić information content (AvgIpc) is 3.06. The van der Waals surface area contributed by atoms with Gasteiger partial charge in [-0.25, -0.2) is 4.79 Å². The summed E-state index contributed by atoms with van der Waals surface area (Å²) in [5.74, 6) is -0.102. The Labute approximate surface area is 141 Å². The number of H-pyrrole nitrogens is 2. The Morgan fingerprint density at radius 2 is 2.12 bits per heavy atom. The largest absolute Gasteiger partial charge is 0.336 e. The van der Waals surface area contributed by atoms with E-state index in [4.69, 9.17) is 0 Å². The van der Waals surface area contributed by atoms with Gasteiger partial charge in [0.1, 0.15) is 5.69 Å². The lowest BCUT2D eigenvalue weighted by atomic mass is 10.0. The van der Waals surface area contributed by atoms with Crippen LogP contribution >= 0.6 is 0 Å². The Morgan fingerprint density at radius 3 is 2.83 bits per heavy atom.